The van der Waals surface area contributed by atoms with Crippen LogP contribution in [0.25, 0.3) is 6.08 Å². The third-order valence-corrected chi connectivity index (χ3v) is 2.98. The summed E-state index contributed by atoms with van der Waals surface area (Å²) in [6, 6.07) is 0. The van der Waals surface area contributed by atoms with Gasteiger partial charge in [-0.05, 0) is 34.9 Å². The lowest BCUT2D eigenvalue weighted by atomic mass is 9.85. The largest absolute Gasteiger partial charge is 0.264 e. The molecule has 1 aliphatic carbocycles. The molecule has 0 fully saturated rings. The van der Waals surface area contributed by atoms with Crippen LogP contribution in [0.4, 0.5) is 0 Å². The average molecular weight is 187 g/mol. The van der Waals surface area contributed by atoms with Crippen LogP contribution in [0, 0.1) is 0 Å². The van der Waals surface area contributed by atoms with Gasteiger partial charge in [0, 0.05) is 12.4 Å². The van der Waals surface area contributed by atoms with Crippen LogP contribution in [0.15, 0.2) is 18.5 Å². The van der Waals surface area contributed by atoms with E-state index in [1.165, 1.54) is 16.7 Å². The van der Waals surface area contributed by atoms with Gasteiger partial charge in [0.15, 0.2) is 0 Å². The molecule has 1 aromatic heterocycles. The summed E-state index contributed by atoms with van der Waals surface area (Å²) in [6.45, 7) is 6.73. The first-order valence-electron chi connectivity index (χ1n) is 5.34. The van der Waals surface area contributed by atoms with Gasteiger partial charge in [0.05, 0.1) is 0 Å². The molecule has 0 spiro atoms. The van der Waals surface area contributed by atoms with Gasteiger partial charge in [-0.1, -0.05) is 32.9 Å². The molecular weight excluding hydrogens is 170 g/mol. The zero-order valence-corrected chi connectivity index (χ0v) is 9.12. The molecule has 1 heteroatoms. The molecule has 14 heavy (non-hydrogen) atoms. The summed E-state index contributed by atoms with van der Waals surface area (Å²) in [5.74, 6) is 1.19. The van der Waals surface area contributed by atoms with E-state index in [9.17, 15) is 0 Å². The molecule has 1 unspecified atom stereocenters. The topological polar surface area (TPSA) is 12.9 Å². The van der Waals surface area contributed by atoms with Gasteiger partial charge >= 0.3 is 0 Å². The maximum absolute atomic E-state index is 4.34. The highest BCUT2D eigenvalue weighted by molar-refractivity contribution is 5.61. The van der Waals surface area contributed by atoms with Crippen molar-refractivity contribution in [1.82, 2.24) is 4.98 Å². The Morgan fingerprint density at radius 3 is 2.86 bits per heavy atom. The second-order valence-corrected chi connectivity index (χ2v) is 4.43. The number of pyridine rings is 1. The van der Waals surface area contributed by atoms with Crippen LogP contribution in [-0.2, 0) is 0 Å². The van der Waals surface area contributed by atoms with Crippen molar-refractivity contribution in [3.05, 3.63) is 35.2 Å². The third kappa shape index (κ3) is 1.47. The van der Waals surface area contributed by atoms with Gasteiger partial charge in [0.1, 0.15) is 0 Å². The smallest absolute Gasteiger partial charge is 0.0308 e. The molecule has 0 N–H and O–H groups in total. The minimum atomic E-state index is 0.562. The molecule has 1 aromatic rings. The lowest BCUT2D eigenvalue weighted by Gasteiger charge is -2.21. The summed E-state index contributed by atoms with van der Waals surface area (Å²) in [7, 11) is 0. The summed E-state index contributed by atoms with van der Waals surface area (Å²) < 4.78 is 0. The second-order valence-electron chi connectivity index (χ2n) is 4.43. The van der Waals surface area contributed by atoms with Crippen LogP contribution in [-0.4, -0.2) is 4.98 Å². The molecular formula is C13H17N. The molecule has 0 amide bonds. The van der Waals surface area contributed by atoms with Gasteiger partial charge in [-0.15, -0.1) is 0 Å². The number of allylic oxidation sites excluding steroid dienone is 1. The number of rotatable bonds is 1. The Kier molecular flexibility index (Phi) is 2.40. The minimum absolute atomic E-state index is 0.562. The highest BCUT2D eigenvalue weighted by Gasteiger charge is 2.16. The Morgan fingerprint density at radius 1 is 1.36 bits per heavy atom. The lowest BCUT2D eigenvalue weighted by Crippen LogP contribution is -2.05. The third-order valence-electron chi connectivity index (χ3n) is 2.98. The molecule has 0 aliphatic heterocycles. The van der Waals surface area contributed by atoms with Gasteiger partial charge in [0.2, 0.25) is 0 Å². The monoisotopic (exact) mass is 187 g/mol. The average Bonchev–Trinajstić information content (AvgIpc) is 2.17. The first-order chi connectivity index (χ1) is 6.70. The number of fused-ring (bicyclic) bond motifs is 1. The van der Waals surface area contributed by atoms with E-state index in [4.69, 9.17) is 0 Å². The van der Waals surface area contributed by atoms with Gasteiger partial charge in [-0.25, -0.2) is 0 Å². The van der Waals surface area contributed by atoms with E-state index in [0.29, 0.717) is 11.8 Å². The summed E-state index contributed by atoms with van der Waals surface area (Å²) in [6.07, 6.45) is 9.71. The Morgan fingerprint density at radius 2 is 2.14 bits per heavy atom. The quantitative estimate of drug-likeness (QED) is 0.653. The van der Waals surface area contributed by atoms with Crippen molar-refractivity contribution < 1.29 is 0 Å². The molecule has 1 nitrogen and oxygen atoms in total. The fourth-order valence-corrected chi connectivity index (χ4v) is 2.07. The molecule has 1 atom stereocenters. The van der Waals surface area contributed by atoms with Crippen molar-refractivity contribution in [2.75, 3.05) is 0 Å². The SMILES string of the molecule is CC(C)c1cncc2c1C=CCC2C. The van der Waals surface area contributed by atoms with E-state index in [2.05, 4.69) is 37.9 Å². The molecule has 1 aliphatic rings. The molecule has 0 aromatic carbocycles. The van der Waals surface area contributed by atoms with Crippen molar-refractivity contribution in [2.24, 2.45) is 0 Å². The highest BCUT2D eigenvalue weighted by atomic mass is 14.6. The molecule has 0 radical (unpaired) electrons. The van der Waals surface area contributed by atoms with Crippen LogP contribution < -0.4 is 0 Å². The summed E-state index contributed by atoms with van der Waals surface area (Å²) in [4.78, 5) is 4.34. The van der Waals surface area contributed by atoms with Crippen LogP contribution in [0.2, 0.25) is 0 Å². The predicted octanol–water partition coefficient (Wildman–Crippen LogP) is 3.73. The van der Waals surface area contributed by atoms with E-state index in [1.54, 1.807) is 0 Å². The lowest BCUT2D eigenvalue weighted by molar-refractivity contribution is 0.752. The van der Waals surface area contributed by atoms with Crippen LogP contribution in [0.3, 0.4) is 0 Å². The number of nitrogens with zero attached hydrogens (tertiary/aromatic N) is 1. The normalized spacial score (nSPS) is 19.9. The van der Waals surface area contributed by atoms with E-state index >= 15 is 0 Å². The number of hydrogen-bond donors (Lipinski definition) is 0. The standard InChI is InChI=1S/C13H17N/c1-9(2)12-7-14-8-13-10(3)5-4-6-11(12)13/h4,6-10H,5H2,1-3H3. The first kappa shape index (κ1) is 9.45. The Hall–Kier alpha value is -1.11. The van der Waals surface area contributed by atoms with Crippen molar-refractivity contribution in [3.8, 4) is 0 Å². The van der Waals surface area contributed by atoms with E-state index in [0.717, 1.165) is 6.42 Å². The highest BCUT2D eigenvalue weighted by Crippen LogP contribution is 2.33. The van der Waals surface area contributed by atoms with Gasteiger partial charge in [0.25, 0.3) is 0 Å². The Labute approximate surface area is 85.9 Å². The fraction of sp³-hybridized carbons (Fsp3) is 0.462. The van der Waals surface area contributed by atoms with Crippen LogP contribution in [0.1, 0.15) is 55.7 Å². The Balaban J connectivity index is 2.57. The van der Waals surface area contributed by atoms with Crippen molar-refractivity contribution >= 4 is 6.08 Å². The van der Waals surface area contributed by atoms with Crippen LogP contribution in [0.5, 0.6) is 0 Å². The van der Waals surface area contributed by atoms with Crippen molar-refractivity contribution in [3.63, 3.8) is 0 Å². The molecule has 1 heterocycles. The molecule has 2 rings (SSSR count). The second kappa shape index (κ2) is 3.56. The molecule has 0 saturated heterocycles. The zero-order chi connectivity index (χ0) is 10.1. The maximum Gasteiger partial charge on any atom is 0.0308 e. The number of hydrogen-bond acceptors (Lipinski definition) is 1. The van der Waals surface area contributed by atoms with E-state index < -0.39 is 0 Å². The van der Waals surface area contributed by atoms with Gasteiger partial charge < -0.3 is 0 Å². The predicted molar refractivity (Wildman–Crippen MR) is 60.4 cm³/mol. The van der Waals surface area contributed by atoms with E-state index in [1.807, 2.05) is 12.4 Å². The van der Waals surface area contributed by atoms with Gasteiger partial charge in [-0.2, -0.15) is 0 Å². The van der Waals surface area contributed by atoms with Crippen molar-refractivity contribution in [2.45, 2.75) is 39.0 Å². The van der Waals surface area contributed by atoms with Gasteiger partial charge in [-0.3, -0.25) is 4.98 Å². The summed E-state index contributed by atoms with van der Waals surface area (Å²) in [5.41, 5.74) is 4.21. The minimum Gasteiger partial charge on any atom is -0.264 e. The summed E-state index contributed by atoms with van der Waals surface area (Å²) in [5, 5.41) is 0. The summed E-state index contributed by atoms with van der Waals surface area (Å²) >= 11 is 0. The first-order valence-corrected chi connectivity index (χ1v) is 5.34. The molecule has 0 saturated carbocycles. The van der Waals surface area contributed by atoms with Crippen molar-refractivity contribution in [1.29, 1.82) is 0 Å². The van der Waals surface area contributed by atoms with E-state index in [-0.39, 0.29) is 0 Å². The Bertz CT molecular complexity index is 363. The zero-order valence-electron chi connectivity index (χ0n) is 9.12. The van der Waals surface area contributed by atoms with Crippen LogP contribution >= 0.6 is 0 Å². The number of aromatic nitrogens is 1. The molecule has 74 valence electrons. The fourth-order valence-electron chi connectivity index (χ4n) is 2.07. The maximum atomic E-state index is 4.34. The molecule has 0 bridgehead atoms.